The van der Waals surface area contributed by atoms with E-state index in [2.05, 4.69) is 10.4 Å². The van der Waals surface area contributed by atoms with Gasteiger partial charge in [0.05, 0.1) is 11.9 Å². The number of aryl methyl sites for hydroxylation is 1. The number of nitrogens with one attached hydrogen (secondary N) is 1. The van der Waals surface area contributed by atoms with Crippen LogP contribution in [0.5, 0.6) is 0 Å². The van der Waals surface area contributed by atoms with E-state index in [1.54, 1.807) is 24.1 Å². The molecular formula is C15H16N4O2. The zero-order valence-electron chi connectivity index (χ0n) is 11.7. The molecule has 0 aliphatic carbocycles. The average molecular weight is 284 g/mol. The van der Waals surface area contributed by atoms with Crippen LogP contribution in [0, 0.1) is 0 Å². The molecule has 3 rings (SSSR count). The molecule has 2 aromatic rings. The van der Waals surface area contributed by atoms with Crippen LogP contribution in [0.1, 0.15) is 5.56 Å². The SMILES string of the molecule is Cn1cc(N2CC(=O)NC(Cc3ccccc3)C2=O)cn1. The van der Waals surface area contributed by atoms with Gasteiger partial charge in [0.1, 0.15) is 12.6 Å². The second kappa shape index (κ2) is 5.40. The normalized spacial score (nSPS) is 18.7. The summed E-state index contributed by atoms with van der Waals surface area (Å²) in [5.74, 6) is -0.258. The van der Waals surface area contributed by atoms with E-state index in [9.17, 15) is 9.59 Å². The molecular weight excluding hydrogens is 268 g/mol. The fraction of sp³-hybridized carbons (Fsp3) is 0.267. The lowest BCUT2D eigenvalue weighted by Gasteiger charge is -2.31. The van der Waals surface area contributed by atoms with Gasteiger partial charge in [-0.1, -0.05) is 30.3 Å². The summed E-state index contributed by atoms with van der Waals surface area (Å²) in [6, 6.07) is 9.12. The lowest BCUT2D eigenvalue weighted by molar-refractivity contribution is -0.131. The molecule has 0 saturated carbocycles. The molecule has 2 heterocycles. The minimum absolute atomic E-state index is 0.0375. The molecule has 0 radical (unpaired) electrons. The zero-order valence-corrected chi connectivity index (χ0v) is 11.7. The Bertz CT molecular complexity index is 665. The van der Waals surface area contributed by atoms with Crippen LogP contribution in [-0.2, 0) is 23.1 Å². The van der Waals surface area contributed by atoms with Crippen LogP contribution in [0.4, 0.5) is 5.69 Å². The molecule has 1 aliphatic rings. The Labute approximate surface area is 122 Å². The fourth-order valence-corrected chi connectivity index (χ4v) is 2.47. The van der Waals surface area contributed by atoms with Gasteiger partial charge in [-0.05, 0) is 5.56 Å². The number of amides is 2. The number of nitrogens with zero attached hydrogens (tertiary/aromatic N) is 3. The Kier molecular flexibility index (Phi) is 3.43. The van der Waals surface area contributed by atoms with Gasteiger partial charge < -0.3 is 5.32 Å². The van der Waals surface area contributed by atoms with Crippen LogP contribution in [0.15, 0.2) is 42.7 Å². The van der Waals surface area contributed by atoms with E-state index >= 15 is 0 Å². The van der Waals surface area contributed by atoms with Gasteiger partial charge in [0.2, 0.25) is 11.8 Å². The molecule has 2 amide bonds. The van der Waals surface area contributed by atoms with Crippen LogP contribution in [0.2, 0.25) is 0 Å². The van der Waals surface area contributed by atoms with Crippen molar-refractivity contribution in [2.24, 2.45) is 7.05 Å². The van der Waals surface area contributed by atoms with Crippen molar-refractivity contribution in [2.75, 3.05) is 11.4 Å². The number of piperazine rings is 1. The molecule has 6 heteroatoms. The minimum atomic E-state index is -0.533. The van der Waals surface area contributed by atoms with Crippen molar-refractivity contribution in [1.82, 2.24) is 15.1 Å². The molecule has 1 N–H and O–H groups in total. The van der Waals surface area contributed by atoms with Gasteiger partial charge >= 0.3 is 0 Å². The molecule has 1 fully saturated rings. The van der Waals surface area contributed by atoms with E-state index in [-0.39, 0.29) is 18.4 Å². The van der Waals surface area contributed by atoms with Gasteiger partial charge in [0, 0.05) is 19.7 Å². The lowest BCUT2D eigenvalue weighted by atomic mass is 10.0. The molecule has 6 nitrogen and oxygen atoms in total. The third-order valence-corrected chi connectivity index (χ3v) is 3.49. The lowest BCUT2D eigenvalue weighted by Crippen LogP contribution is -2.59. The van der Waals surface area contributed by atoms with Crippen molar-refractivity contribution in [3.8, 4) is 0 Å². The summed E-state index contributed by atoms with van der Waals surface area (Å²) in [5.41, 5.74) is 1.67. The first-order valence-electron chi connectivity index (χ1n) is 6.77. The highest BCUT2D eigenvalue weighted by molar-refractivity contribution is 6.06. The first-order chi connectivity index (χ1) is 10.1. The summed E-state index contributed by atoms with van der Waals surface area (Å²) in [7, 11) is 1.78. The average Bonchev–Trinajstić information content (AvgIpc) is 2.90. The van der Waals surface area contributed by atoms with E-state index in [0.717, 1.165) is 5.56 Å². The Balaban J connectivity index is 1.81. The molecule has 1 aromatic heterocycles. The van der Waals surface area contributed by atoms with Crippen molar-refractivity contribution >= 4 is 17.5 Å². The van der Waals surface area contributed by atoms with Crippen molar-refractivity contribution in [3.05, 3.63) is 48.3 Å². The highest BCUT2D eigenvalue weighted by Crippen LogP contribution is 2.17. The van der Waals surface area contributed by atoms with E-state index < -0.39 is 6.04 Å². The molecule has 0 spiro atoms. The Morgan fingerprint density at radius 3 is 2.71 bits per heavy atom. The third kappa shape index (κ3) is 2.79. The second-order valence-corrected chi connectivity index (χ2v) is 5.11. The number of benzene rings is 1. The van der Waals surface area contributed by atoms with Crippen LogP contribution >= 0.6 is 0 Å². The molecule has 108 valence electrons. The van der Waals surface area contributed by atoms with Crippen LogP contribution in [-0.4, -0.2) is 34.2 Å². The van der Waals surface area contributed by atoms with Gasteiger partial charge in [-0.2, -0.15) is 5.10 Å². The molecule has 1 unspecified atom stereocenters. The van der Waals surface area contributed by atoms with Crippen LogP contribution < -0.4 is 10.2 Å². The van der Waals surface area contributed by atoms with Crippen LogP contribution in [0.25, 0.3) is 0 Å². The summed E-state index contributed by atoms with van der Waals surface area (Å²) < 4.78 is 1.61. The van der Waals surface area contributed by atoms with E-state index in [1.165, 1.54) is 4.90 Å². The fourth-order valence-electron chi connectivity index (χ4n) is 2.47. The number of carbonyl (C=O) groups is 2. The summed E-state index contributed by atoms with van der Waals surface area (Å²) >= 11 is 0. The summed E-state index contributed by atoms with van der Waals surface area (Å²) in [6.07, 6.45) is 3.81. The Hall–Kier alpha value is -2.63. The van der Waals surface area contributed by atoms with Crippen molar-refractivity contribution in [1.29, 1.82) is 0 Å². The summed E-state index contributed by atoms with van der Waals surface area (Å²) in [6.45, 7) is 0.0375. The number of rotatable bonds is 3. The molecule has 1 atom stereocenters. The Morgan fingerprint density at radius 2 is 2.05 bits per heavy atom. The number of anilines is 1. The first kappa shape index (κ1) is 13.4. The maximum atomic E-state index is 12.6. The Morgan fingerprint density at radius 1 is 1.29 bits per heavy atom. The largest absolute Gasteiger partial charge is 0.342 e. The molecule has 1 aliphatic heterocycles. The molecule has 21 heavy (non-hydrogen) atoms. The van der Waals surface area contributed by atoms with Crippen molar-refractivity contribution in [2.45, 2.75) is 12.5 Å². The second-order valence-electron chi connectivity index (χ2n) is 5.11. The predicted molar refractivity (Wildman–Crippen MR) is 77.6 cm³/mol. The third-order valence-electron chi connectivity index (χ3n) is 3.49. The number of carbonyl (C=O) groups excluding carboxylic acids is 2. The van der Waals surface area contributed by atoms with E-state index in [0.29, 0.717) is 12.1 Å². The monoisotopic (exact) mass is 284 g/mol. The standard InChI is InChI=1S/C15H16N4O2/c1-18-9-12(8-16-18)19-10-14(20)17-13(15(19)21)7-11-5-3-2-4-6-11/h2-6,8-9,13H,7,10H2,1H3,(H,17,20). The minimum Gasteiger partial charge on any atom is -0.342 e. The highest BCUT2D eigenvalue weighted by atomic mass is 16.2. The van der Waals surface area contributed by atoms with Crippen molar-refractivity contribution < 1.29 is 9.59 Å². The summed E-state index contributed by atoms with van der Waals surface area (Å²) in [4.78, 5) is 25.9. The van der Waals surface area contributed by atoms with Crippen molar-refractivity contribution in [3.63, 3.8) is 0 Å². The molecule has 1 saturated heterocycles. The smallest absolute Gasteiger partial charge is 0.250 e. The quantitative estimate of drug-likeness (QED) is 0.892. The van der Waals surface area contributed by atoms with E-state index in [4.69, 9.17) is 0 Å². The maximum absolute atomic E-state index is 12.6. The molecule has 0 bridgehead atoms. The number of hydrogen-bond donors (Lipinski definition) is 1. The highest BCUT2D eigenvalue weighted by Gasteiger charge is 2.33. The van der Waals surface area contributed by atoms with Crippen LogP contribution in [0.3, 0.4) is 0 Å². The first-order valence-corrected chi connectivity index (χ1v) is 6.77. The van der Waals surface area contributed by atoms with E-state index in [1.807, 2.05) is 30.3 Å². The zero-order chi connectivity index (χ0) is 14.8. The predicted octanol–water partition coefficient (Wildman–Crippen LogP) is 0.494. The number of aromatic nitrogens is 2. The summed E-state index contributed by atoms with van der Waals surface area (Å²) in [5, 5.41) is 6.82. The van der Waals surface area contributed by atoms with Gasteiger partial charge in [0.25, 0.3) is 0 Å². The maximum Gasteiger partial charge on any atom is 0.250 e. The number of hydrogen-bond acceptors (Lipinski definition) is 3. The molecule has 1 aromatic carbocycles. The van der Waals surface area contributed by atoms with Gasteiger partial charge in [-0.3, -0.25) is 19.2 Å². The van der Waals surface area contributed by atoms with Gasteiger partial charge in [-0.15, -0.1) is 0 Å². The topological polar surface area (TPSA) is 67.2 Å². The van der Waals surface area contributed by atoms with Gasteiger partial charge in [0.15, 0.2) is 0 Å². The van der Waals surface area contributed by atoms with Gasteiger partial charge in [-0.25, -0.2) is 0 Å².